The van der Waals surface area contributed by atoms with Crippen LogP contribution in [0.25, 0.3) is 0 Å². The summed E-state index contributed by atoms with van der Waals surface area (Å²) >= 11 is 0. The first-order valence-electron chi connectivity index (χ1n) is 5.36. The van der Waals surface area contributed by atoms with Crippen molar-refractivity contribution in [2.75, 3.05) is 0 Å². The summed E-state index contributed by atoms with van der Waals surface area (Å²) in [7, 11) is -4.24. The Hall–Kier alpha value is -2.45. The summed E-state index contributed by atoms with van der Waals surface area (Å²) in [6.45, 7) is 0. The molecule has 0 atom stereocenters. The van der Waals surface area contributed by atoms with E-state index in [0.717, 1.165) is 0 Å². The van der Waals surface area contributed by atoms with Gasteiger partial charge in [-0.2, -0.15) is 8.42 Å². The molecule has 0 unspecified atom stereocenters. The minimum absolute atomic E-state index is 0.0564. The van der Waals surface area contributed by atoms with E-state index in [0.29, 0.717) is 11.5 Å². The first-order chi connectivity index (χ1) is 9.36. The largest absolute Gasteiger partial charge is 0.457 e. The van der Waals surface area contributed by atoms with Gasteiger partial charge in [-0.3, -0.25) is 14.7 Å². The lowest BCUT2D eigenvalue weighted by Gasteiger charge is -2.05. The zero-order chi connectivity index (χ0) is 14.8. The van der Waals surface area contributed by atoms with Crippen LogP contribution in [-0.2, 0) is 10.1 Å². The van der Waals surface area contributed by atoms with Gasteiger partial charge in [-0.25, -0.2) is 0 Å². The lowest BCUT2D eigenvalue weighted by Crippen LogP contribution is -1.97. The van der Waals surface area contributed by atoms with Gasteiger partial charge >= 0.3 is 0 Å². The van der Waals surface area contributed by atoms with E-state index in [4.69, 9.17) is 9.29 Å². The highest BCUT2D eigenvalue weighted by Gasteiger charge is 2.09. The number of nitrogens with zero attached hydrogens (tertiary/aromatic N) is 1. The summed E-state index contributed by atoms with van der Waals surface area (Å²) in [5.74, 6) is 0.710. The first kappa shape index (κ1) is 14.0. The molecule has 8 heteroatoms. The fourth-order valence-electron chi connectivity index (χ4n) is 1.45. The maximum absolute atomic E-state index is 10.9. The van der Waals surface area contributed by atoms with Gasteiger partial charge in [0.1, 0.15) is 11.5 Å². The van der Waals surface area contributed by atoms with Crippen molar-refractivity contribution in [1.29, 1.82) is 0 Å². The Bertz CT molecular complexity index is 722. The number of benzene rings is 2. The van der Waals surface area contributed by atoms with Gasteiger partial charge in [0, 0.05) is 12.1 Å². The summed E-state index contributed by atoms with van der Waals surface area (Å²) in [5.41, 5.74) is -0.0564. The van der Waals surface area contributed by atoms with Gasteiger partial charge in [-0.05, 0) is 36.4 Å². The Morgan fingerprint density at radius 2 is 1.40 bits per heavy atom. The van der Waals surface area contributed by atoms with Crippen LogP contribution >= 0.6 is 0 Å². The molecule has 0 saturated carbocycles. The van der Waals surface area contributed by atoms with Gasteiger partial charge in [-0.1, -0.05) is 0 Å². The van der Waals surface area contributed by atoms with Crippen LogP contribution in [0.3, 0.4) is 0 Å². The van der Waals surface area contributed by atoms with Crippen LogP contribution in [0, 0.1) is 10.1 Å². The first-order valence-corrected chi connectivity index (χ1v) is 6.80. The molecule has 1 N–H and O–H groups in total. The number of hydrogen-bond acceptors (Lipinski definition) is 5. The van der Waals surface area contributed by atoms with Gasteiger partial charge in [0.05, 0.1) is 9.82 Å². The molecule has 7 nitrogen and oxygen atoms in total. The van der Waals surface area contributed by atoms with Gasteiger partial charge in [0.15, 0.2) is 0 Å². The Labute approximate surface area is 114 Å². The van der Waals surface area contributed by atoms with Gasteiger partial charge in [0.2, 0.25) is 0 Å². The standard InChI is InChI=1S/C12H9NO6S/c14-13(15)9-1-3-10(4-2-9)19-11-5-7-12(8-6-11)20(16,17)18/h1-8H,(H,16,17,18). The zero-order valence-electron chi connectivity index (χ0n) is 9.96. The van der Waals surface area contributed by atoms with E-state index in [1.807, 2.05) is 0 Å². The number of hydrogen-bond donors (Lipinski definition) is 1. The third-order valence-electron chi connectivity index (χ3n) is 2.40. The van der Waals surface area contributed by atoms with Crippen LogP contribution in [0.5, 0.6) is 11.5 Å². The molecular formula is C12H9NO6S. The van der Waals surface area contributed by atoms with Crippen LogP contribution in [0.4, 0.5) is 5.69 Å². The van der Waals surface area contributed by atoms with E-state index >= 15 is 0 Å². The molecule has 0 amide bonds. The highest BCUT2D eigenvalue weighted by Crippen LogP contribution is 2.24. The molecule has 0 saturated heterocycles. The van der Waals surface area contributed by atoms with Crippen LogP contribution in [-0.4, -0.2) is 17.9 Å². The SMILES string of the molecule is O=[N+]([O-])c1ccc(Oc2ccc(S(=O)(=O)O)cc2)cc1. The molecule has 20 heavy (non-hydrogen) atoms. The van der Waals surface area contributed by atoms with Gasteiger partial charge in [-0.15, -0.1) is 0 Å². The lowest BCUT2D eigenvalue weighted by molar-refractivity contribution is -0.384. The highest BCUT2D eigenvalue weighted by molar-refractivity contribution is 7.85. The zero-order valence-corrected chi connectivity index (χ0v) is 10.8. The molecule has 0 radical (unpaired) electrons. The van der Waals surface area contributed by atoms with E-state index in [1.54, 1.807) is 0 Å². The number of nitro groups is 1. The Morgan fingerprint density at radius 3 is 1.80 bits per heavy atom. The van der Waals surface area contributed by atoms with Crippen molar-refractivity contribution in [3.8, 4) is 11.5 Å². The van der Waals surface area contributed by atoms with Crippen molar-refractivity contribution < 1.29 is 22.6 Å². The smallest absolute Gasteiger partial charge is 0.294 e. The topological polar surface area (TPSA) is 107 Å². The molecule has 0 fully saturated rings. The normalized spacial score (nSPS) is 11.1. The highest BCUT2D eigenvalue weighted by atomic mass is 32.2. The predicted molar refractivity (Wildman–Crippen MR) is 69.4 cm³/mol. The third kappa shape index (κ3) is 3.31. The summed E-state index contributed by atoms with van der Waals surface area (Å²) in [4.78, 5) is 9.72. The summed E-state index contributed by atoms with van der Waals surface area (Å²) in [5, 5.41) is 10.5. The molecule has 0 aromatic heterocycles. The molecule has 0 aliphatic carbocycles. The van der Waals surface area contributed by atoms with E-state index in [2.05, 4.69) is 0 Å². The van der Waals surface area contributed by atoms with E-state index in [9.17, 15) is 18.5 Å². The van der Waals surface area contributed by atoms with Crippen molar-refractivity contribution in [3.63, 3.8) is 0 Å². The van der Waals surface area contributed by atoms with Crippen molar-refractivity contribution in [1.82, 2.24) is 0 Å². The lowest BCUT2D eigenvalue weighted by atomic mass is 10.3. The second kappa shape index (κ2) is 5.27. The number of non-ortho nitro benzene ring substituents is 1. The fraction of sp³-hybridized carbons (Fsp3) is 0. The van der Waals surface area contributed by atoms with Crippen molar-refractivity contribution in [2.45, 2.75) is 4.90 Å². The van der Waals surface area contributed by atoms with Crippen LogP contribution in [0.2, 0.25) is 0 Å². The maximum atomic E-state index is 10.9. The van der Waals surface area contributed by atoms with Gasteiger partial charge < -0.3 is 4.74 Å². The van der Waals surface area contributed by atoms with Gasteiger partial charge in [0.25, 0.3) is 15.8 Å². The monoisotopic (exact) mass is 295 g/mol. The van der Waals surface area contributed by atoms with E-state index in [-0.39, 0.29) is 10.6 Å². The average Bonchev–Trinajstić information content (AvgIpc) is 2.39. The summed E-state index contributed by atoms with van der Waals surface area (Å²) in [6.07, 6.45) is 0. The Morgan fingerprint density at radius 1 is 0.950 bits per heavy atom. The fourth-order valence-corrected chi connectivity index (χ4v) is 1.93. The van der Waals surface area contributed by atoms with Crippen LogP contribution < -0.4 is 4.74 Å². The molecule has 0 aliphatic heterocycles. The average molecular weight is 295 g/mol. The number of nitro benzene ring substituents is 1. The van der Waals surface area contributed by atoms with Crippen molar-refractivity contribution in [2.24, 2.45) is 0 Å². The number of ether oxygens (including phenoxy) is 1. The second-order valence-electron chi connectivity index (χ2n) is 3.80. The Balaban J connectivity index is 2.16. The molecule has 0 heterocycles. The minimum atomic E-state index is -4.24. The van der Waals surface area contributed by atoms with Crippen LogP contribution in [0.15, 0.2) is 53.4 Å². The van der Waals surface area contributed by atoms with Crippen molar-refractivity contribution >= 4 is 15.8 Å². The van der Waals surface area contributed by atoms with E-state index < -0.39 is 15.0 Å². The predicted octanol–water partition coefficient (Wildman–Crippen LogP) is 2.63. The molecule has 2 aromatic rings. The van der Waals surface area contributed by atoms with E-state index in [1.165, 1.54) is 48.5 Å². The van der Waals surface area contributed by atoms with Crippen molar-refractivity contribution in [3.05, 3.63) is 58.6 Å². The maximum Gasteiger partial charge on any atom is 0.294 e. The molecule has 104 valence electrons. The molecular weight excluding hydrogens is 286 g/mol. The summed E-state index contributed by atoms with van der Waals surface area (Å²) in [6, 6.07) is 10.6. The number of rotatable bonds is 4. The van der Waals surface area contributed by atoms with Crippen LogP contribution in [0.1, 0.15) is 0 Å². The molecule has 2 rings (SSSR count). The molecule has 0 bridgehead atoms. The quantitative estimate of drug-likeness (QED) is 0.528. The third-order valence-corrected chi connectivity index (χ3v) is 3.27. The minimum Gasteiger partial charge on any atom is -0.457 e. The Kier molecular flexibility index (Phi) is 3.68. The molecule has 2 aromatic carbocycles. The summed E-state index contributed by atoms with van der Waals surface area (Å²) < 4.78 is 35.9. The molecule has 0 spiro atoms. The second-order valence-corrected chi connectivity index (χ2v) is 5.22. The molecule has 0 aliphatic rings.